The molecule has 0 aromatic carbocycles. The van der Waals surface area contributed by atoms with Gasteiger partial charge < -0.3 is 9.84 Å². The third-order valence-electron chi connectivity index (χ3n) is 1.21. The molecule has 0 aliphatic carbocycles. The fourth-order valence-corrected chi connectivity index (χ4v) is 0.772. The normalized spacial score (nSPS) is 22.6. The molecule has 1 atom stereocenters. The van der Waals surface area contributed by atoms with Gasteiger partial charge in [0.25, 0.3) is 0 Å². The van der Waals surface area contributed by atoms with E-state index in [9.17, 15) is 4.79 Å². The molecule has 1 N–H and O–H groups in total. The number of aliphatic carboxylic acids is 1. The standard InChI is InChI=1S/C5H8O3.2ClH/c6-5(7)4-2-1-3-8-4;;/h4H,1-3H2,(H,6,7);2*1H. The summed E-state index contributed by atoms with van der Waals surface area (Å²) in [6.07, 6.45) is 1.04. The van der Waals surface area contributed by atoms with E-state index in [4.69, 9.17) is 9.84 Å². The van der Waals surface area contributed by atoms with Gasteiger partial charge in [-0.3, -0.25) is 0 Å². The number of hydrogen-bond donors (Lipinski definition) is 1. The molecule has 1 saturated heterocycles. The maximum Gasteiger partial charge on any atom is 0.332 e. The first-order valence-electron chi connectivity index (χ1n) is 2.65. The van der Waals surface area contributed by atoms with E-state index in [0.717, 1.165) is 6.42 Å². The van der Waals surface area contributed by atoms with Crippen molar-refractivity contribution in [3.63, 3.8) is 0 Å². The van der Waals surface area contributed by atoms with Crippen LogP contribution in [-0.4, -0.2) is 23.8 Å². The Balaban J connectivity index is 0. The van der Waals surface area contributed by atoms with Crippen LogP contribution in [0.1, 0.15) is 12.8 Å². The summed E-state index contributed by atoms with van der Waals surface area (Å²) >= 11 is 0. The van der Waals surface area contributed by atoms with Gasteiger partial charge in [0.15, 0.2) is 6.10 Å². The first-order valence-corrected chi connectivity index (χ1v) is 2.65. The lowest BCUT2D eigenvalue weighted by Crippen LogP contribution is -2.17. The van der Waals surface area contributed by atoms with Crippen molar-refractivity contribution < 1.29 is 14.6 Å². The molecule has 1 rings (SSSR count). The van der Waals surface area contributed by atoms with E-state index in [-0.39, 0.29) is 24.8 Å². The number of hydrogen-bond acceptors (Lipinski definition) is 2. The predicted octanol–water partition coefficient (Wildman–Crippen LogP) is 1.09. The molecule has 0 bridgehead atoms. The van der Waals surface area contributed by atoms with Gasteiger partial charge >= 0.3 is 5.97 Å². The van der Waals surface area contributed by atoms with E-state index in [1.807, 2.05) is 0 Å². The summed E-state index contributed by atoms with van der Waals surface area (Å²) in [7, 11) is 0. The third-order valence-corrected chi connectivity index (χ3v) is 1.21. The molecule has 0 saturated carbocycles. The summed E-state index contributed by atoms with van der Waals surface area (Å²) in [6.45, 7) is 0.608. The summed E-state index contributed by atoms with van der Waals surface area (Å²) in [5, 5.41) is 8.29. The van der Waals surface area contributed by atoms with Gasteiger partial charge in [0.2, 0.25) is 0 Å². The van der Waals surface area contributed by atoms with Gasteiger partial charge in [0.05, 0.1) is 0 Å². The van der Waals surface area contributed by atoms with E-state index >= 15 is 0 Å². The average molecular weight is 189 g/mol. The Hall–Kier alpha value is 0.01000. The third kappa shape index (κ3) is 3.25. The molecule has 1 aliphatic rings. The Labute approximate surface area is 71.6 Å². The van der Waals surface area contributed by atoms with Crippen molar-refractivity contribution in [1.82, 2.24) is 0 Å². The molecule has 10 heavy (non-hydrogen) atoms. The van der Waals surface area contributed by atoms with Gasteiger partial charge in [-0.05, 0) is 12.8 Å². The fourth-order valence-electron chi connectivity index (χ4n) is 0.772. The van der Waals surface area contributed by atoms with E-state index < -0.39 is 12.1 Å². The molecule has 62 valence electrons. The fraction of sp³-hybridized carbons (Fsp3) is 0.800. The minimum absolute atomic E-state index is 0. The zero-order chi connectivity index (χ0) is 5.98. The monoisotopic (exact) mass is 188 g/mol. The van der Waals surface area contributed by atoms with Crippen LogP contribution >= 0.6 is 24.8 Å². The Morgan fingerprint density at radius 1 is 1.50 bits per heavy atom. The van der Waals surface area contributed by atoms with Gasteiger partial charge in [-0.1, -0.05) is 0 Å². The van der Waals surface area contributed by atoms with Gasteiger partial charge in [0, 0.05) is 6.61 Å². The number of rotatable bonds is 1. The molecule has 1 unspecified atom stereocenters. The summed E-state index contributed by atoms with van der Waals surface area (Å²) < 4.78 is 4.81. The number of carboxylic acids is 1. The molecule has 0 aromatic rings. The minimum atomic E-state index is -0.831. The largest absolute Gasteiger partial charge is 0.479 e. The smallest absolute Gasteiger partial charge is 0.332 e. The maximum absolute atomic E-state index is 10.1. The topological polar surface area (TPSA) is 46.5 Å². The highest BCUT2D eigenvalue weighted by molar-refractivity contribution is 5.85. The highest BCUT2D eigenvalue weighted by Gasteiger charge is 2.21. The van der Waals surface area contributed by atoms with Crippen molar-refractivity contribution in [2.24, 2.45) is 0 Å². The van der Waals surface area contributed by atoms with Gasteiger partial charge in [-0.2, -0.15) is 0 Å². The van der Waals surface area contributed by atoms with Gasteiger partial charge in [-0.25, -0.2) is 4.79 Å². The molecule has 0 spiro atoms. The summed E-state index contributed by atoms with van der Waals surface area (Å²) in [4.78, 5) is 10.1. The lowest BCUT2D eigenvalue weighted by atomic mass is 10.2. The highest BCUT2D eigenvalue weighted by Crippen LogP contribution is 2.10. The van der Waals surface area contributed by atoms with Crippen molar-refractivity contribution in [3.8, 4) is 0 Å². The first-order chi connectivity index (χ1) is 3.80. The van der Waals surface area contributed by atoms with Crippen LogP contribution in [0.4, 0.5) is 0 Å². The summed E-state index contributed by atoms with van der Waals surface area (Å²) in [6, 6.07) is 0. The van der Waals surface area contributed by atoms with Gasteiger partial charge in [0.1, 0.15) is 0 Å². The van der Waals surface area contributed by atoms with Crippen LogP contribution in [-0.2, 0) is 9.53 Å². The second-order valence-corrected chi connectivity index (χ2v) is 1.84. The maximum atomic E-state index is 10.1. The quantitative estimate of drug-likeness (QED) is 0.671. The zero-order valence-electron chi connectivity index (χ0n) is 5.28. The molecule has 1 aliphatic heterocycles. The summed E-state index contributed by atoms with van der Waals surface area (Å²) in [5.74, 6) is -0.831. The van der Waals surface area contributed by atoms with Crippen molar-refractivity contribution >= 4 is 30.8 Å². The highest BCUT2D eigenvalue weighted by atomic mass is 35.5. The molecule has 1 fully saturated rings. The molecule has 1 heterocycles. The number of ether oxygens (including phenoxy) is 1. The van der Waals surface area contributed by atoms with Crippen LogP contribution in [0.5, 0.6) is 0 Å². The minimum Gasteiger partial charge on any atom is -0.479 e. The van der Waals surface area contributed by atoms with E-state index in [1.54, 1.807) is 0 Å². The van der Waals surface area contributed by atoms with Crippen LogP contribution in [0.3, 0.4) is 0 Å². The second-order valence-electron chi connectivity index (χ2n) is 1.84. The van der Waals surface area contributed by atoms with Crippen molar-refractivity contribution in [1.29, 1.82) is 0 Å². The number of carbonyl (C=O) groups is 1. The van der Waals surface area contributed by atoms with E-state index in [1.165, 1.54) is 0 Å². The van der Waals surface area contributed by atoms with Crippen LogP contribution in [0, 0.1) is 0 Å². The van der Waals surface area contributed by atoms with Crippen molar-refractivity contribution in [3.05, 3.63) is 0 Å². The van der Waals surface area contributed by atoms with Crippen LogP contribution < -0.4 is 0 Å². The van der Waals surface area contributed by atoms with E-state index in [0.29, 0.717) is 13.0 Å². The van der Waals surface area contributed by atoms with Crippen LogP contribution in [0.2, 0.25) is 0 Å². The van der Waals surface area contributed by atoms with Gasteiger partial charge in [-0.15, -0.1) is 24.8 Å². The summed E-state index contributed by atoms with van der Waals surface area (Å²) in [5.41, 5.74) is 0. The molecule has 0 amide bonds. The van der Waals surface area contributed by atoms with Crippen molar-refractivity contribution in [2.75, 3.05) is 6.61 Å². The molecule has 5 heteroatoms. The molecular formula is C5H10Cl2O3. The average Bonchev–Trinajstić information content (AvgIpc) is 2.12. The Morgan fingerprint density at radius 2 is 2.10 bits per heavy atom. The number of carboxylic acid groups (broad SMARTS) is 1. The zero-order valence-corrected chi connectivity index (χ0v) is 6.91. The SMILES string of the molecule is Cl.Cl.O=C(O)C1CCCO1. The van der Waals surface area contributed by atoms with Crippen LogP contribution in [0.15, 0.2) is 0 Å². The Bertz CT molecular complexity index is 101. The molecule has 0 aromatic heterocycles. The van der Waals surface area contributed by atoms with Crippen LogP contribution in [0.25, 0.3) is 0 Å². The lowest BCUT2D eigenvalue weighted by molar-refractivity contribution is -0.147. The first kappa shape index (κ1) is 12.7. The molecule has 0 radical (unpaired) electrons. The van der Waals surface area contributed by atoms with Crippen molar-refractivity contribution in [2.45, 2.75) is 18.9 Å². The Morgan fingerprint density at radius 3 is 2.30 bits per heavy atom. The predicted molar refractivity (Wildman–Crippen MR) is 41.1 cm³/mol. The van der Waals surface area contributed by atoms with E-state index in [2.05, 4.69) is 0 Å². The second kappa shape index (κ2) is 5.77. The lowest BCUT2D eigenvalue weighted by Gasteiger charge is -1.98. The molecular weight excluding hydrogens is 179 g/mol. The number of halogens is 2. The molecule has 3 nitrogen and oxygen atoms in total. The Kier molecular flexibility index (Phi) is 7.31.